The van der Waals surface area contributed by atoms with E-state index in [4.69, 9.17) is 14.7 Å². The molecule has 0 atom stereocenters. The van der Waals surface area contributed by atoms with E-state index in [1.54, 1.807) is 72.8 Å². The number of nitrogens with one attached hydrogen (secondary N) is 2. The second-order valence-corrected chi connectivity index (χ2v) is 18.4. The van der Waals surface area contributed by atoms with Crippen molar-refractivity contribution < 1.29 is 34.4 Å². The Morgan fingerprint density at radius 2 is 0.667 bits per heavy atom. The largest absolute Gasteiger partial charge is 0.494 e. The van der Waals surface area contributed by atoms with Gasteiger partial charge in [0.25, 0.3) is 0 Å². The van der Waals surface area contributed by atoms with E-state index in [1.807, 2.05) is 72.8 Å². The van der Waals surface area contributed by atoms with Gasteiger partial charge in [0.05, 0.1) is 46.1 Å². The van der Waals surface area contributed by atoms with Gasteiger partial charge in [-0.05, 0) is 126 Å². The first-order chi connectivity index (χ1) is 35.1. The van der Waals surface area contributed by atoms with Crippen LogP contribution in [0.25, 0.3) is 90.9 Å². The number of hydrogen-bond acceptors (Lipinski definition) is 6. The second kappa shape index (κ2) is 22.6. The fourth-order valence-corrected chi connectivity index (χ4v) is 9.61. The number of H-pyrrole nitrogens is 2. The molecular formula is C61H58N4O7. The van der Waals surface area contributed by atoms with Crippen LogP contribution in [0.15, 0.2) is 121 Å². The van der Waals surface area contributed by atoms with Gasteiger partial charge in [-0.3, -0.25) is 0 Å². The first-order valence-electron chi connectivity index (χ1n) is 25.1. The van der Waals surface area contributed by atoms with Crippen LogP contribution in [0.4, 0.5) is 0 Å². The van der Waals surface area contributed by atoms with E-state index in [0.29, 0.717) is 46.0 Å². The van der Waals surface area contributed by atoms with Crippen molar-refractivity contribution in [3.63, 3.8) is 0 Å². The highest BCUT2D eigenvalue weighted by atomic mass is 16.5. The first kappa shape index (κ1) is 48.7. The van der Waals surface area contributed by atoms with Gasteiger partial charge in [-0.15, -0.1) is 0 Å². The molecule has 0 aliphatic carbocycles. The summed E-state index contributed by atoms with van der Waals surface area (Å²) in [7, 11) is 0. The molecule has 72 heavy (non-hydrogen) atoms. The highest BCUT2D eigenvalue weighted by molar-refractivity contribution is 6.01. The van der Waals surface area contributed by atoms with Gasteiger partial charge in [0.2, 0.25) is 0 Å². The van der Waals surface area contributed by atoms with E-state index in [9.17, 15) is 29.7 Å². The zero-order chi connectivity index (χ0) is 50.0. The fourth-order valence-electron chi connectivity index (χ4n) is 9.61. The summed E-state index contributed by atoms with van der Waals surface area (Å²) in [5.41, 5.74) is 12.0. The Kier molecular flexibility index (Phi) is 15.3. The van der Waals surface area contributed by atoms with Crippen LogP contribution in [-0.2, 0) is 0 Å². The van der Waals surface area contributed by atoms with Crippen molar-refractivity contribution in [2.45, 2.75) is 84.0 Å². The first-order valence-corrected chi connectivity index (χ1v) is 25.1. The lowest BCUT2D eigenvalue weighted by Crippen LogP contribution is -1.97. The molecule has 2 aliphatic rings. The number of carboxylic acid groups (broad SMARTS) is 3. The number of aromatic nitrogens is 4. The molecule has 0 amide bonds. The van der Waals surface area contributed by atoms with Gasteiger partial charge in [-0.2, -0.15) is 0 Å². The second-order valence-electron chi connectivity index (χ2n) is 18.4. The van der Waals surface area contributed by atoms with Gasteiger partial charge < -0.3 is 30.0 Å². The van der Waals surface area contributed by atoms with Crippen LogP contribution >= 0.6 is 0 Å². The zero-order valence-electron chi connectivity index (χ0n) is 40.4. The summed E-state index contributed by atoms with van der Waals surface area (Å²) in [6, 6.07) is 36.1. The monoisotopic (exact) mass is 958 g/mol. The molecule has 0 fully saturated rings. The van der Waals surface area contributed by atoms with Crippen molar-refractivity contribution >= 4 is 64.3 Å². The van der Waals surface area contributed by atoms with Gasteiger partial charge >= 0.3 is 17.9 Å². The zero-order valence-corrected chi connectivity index (χ0v) is 40.4. The third kappa shape index (κ3) is 11.2. The van der Waals surface area contributed by atoms with Crippen LogP contribution in [0.2, 0.25) is 0 Å². The number of unbranched alkanes of at least 4 members (excludes halogenated alkanes) is 11. The summed E-state index contributed by atoms with van der Waals surface area (Å²) in [6.45, 7) is 2.91. The maximum absolute atomic E-state index is 12.0. The number of benzene rings is 4. The number of ether oxygens (including phenoxy) is 1. The van der Waals surface area contributed by atoms with Crippen LogP contribution in [0.5, 0.6) is 5.75 Å². The molecule has 7 aromatic rings. The Hall–Kier alpha value is -8.31. The van der Waals surface area contributed by atoms with Gasteiger partial charge in [0.1, 0.15) is 5.75 Å². The molecule has 2 aliphatic heterocycles. The van der Waals surface area contributed by atoms with Crippen LogP contribution in [-0.4, -0.2) is 59.8 Å². The molecule has 3 aromatic heterocycles. The molecule has 364 valence electrons. The topological polar surface area (TPSA) is 178 Å². The van der Waals surface area contributed by atoms with Crippen molar-refractivity contribution in [2.75, 3.05) is 6.61 Å². The maximum atomic E-state index is 12.0. The Morgan fingerprint density at radius 1 is 0.389 bits per heavy atom. The lowest BCUT2D eigenvalue weighted by Gasteiger charge is -2.09. The number of aromatic carboxylic acids is 3. The third-order valence-corrected chi connectivity index (χ3v) is 13.4. The lowest BCUT2D eigenvalue weighted by molar-refractivity contribution is 0.0686. The van der Waals surface area contributed by atoms with Crippen molar-refractivity contribution in [2.24, 2.45) is 0 Å². The molecule has 0 spiro atoms. The SMILES string of the molecule is CCCCCCCCCCCCCCOc1ccc(-c2c3nc(c(-c4ccc(C(=O)O)cc4)c4ccc([nH]4)c(-c4ccc(C(=O)O)cc4)c4nc(c(-c5ccc(C(=O)O)cc5)c5ccc2[nH]5)C=C4)C=C3)cc1. The fraction of sp³-hybridized carbons (Fsp3) is 0.230. The highest BCUT2D eigenvalue weighted by Crippen LogP contribution is 2.39. The van der Waals surface area contributed by atoms with Crippen LogP contribution in [0.1, 0.15) is 138 Å². The Morgan fingerprint density at radius 3 is 0.958 bits per heavy atom. The van der Waals surface area contributed by atoms with Crippen LogP contribution in [0.3, 0.4) is 0 Å². The lowest BCUT2D eigenvalue weighted by atomic mass is 10.0. The summed E-state index contributed by atoms with van der Waals surface area (Å²) in [4.78, 5) is 53.8. The van der Waals surface area contributed by atoms with Crippen LogP contribution in [0, 0.1) is 0 Å². The summed E-state index contributed by atoms with van der Waals surface area (Å²) in [5.74, 6) is -2.31. The van der Waals surface area contributed by atoms with Gasteiger partial charge in [-0.25, -0.2) is 24.4 Å². The minimum atomic E-state index is -1.04. The summed E-state index contributed by atoms with van der Waals surface area (Å²) in [6.07, 6.45) is 23.2. The van der Waals surface area contributed by atoms with Gasteiger partial charge in [0.15, 0.2) is 0 Å². The highest BCUT2D eigenvalue weighted by Gasteiger charge is 2.20. The molecule has 11 heteroatoms. The van der Waals surface area contributed by atoms with Crippen molar-refractivity contribution in [3.05, 3.63) is 161 Å². The molecule has 0 radical (unpaired) electrons. The molecule has 5 N–H and O–H groups in total. The van der Waals surface area contributed by atoms with Crippen molar-refractivity contribution in [1.82, 2.24) is 19.9 Å². The summed E-state index contributed by atoms with van der Waals surface area (Å²) in [5, 5.41) is 29.4. The van der Waals surface area contributed by atoms with E-state index in [0.717, 1.165) is 68.6 Å². The molecule has 8 bridgehead atoms. The molecule has 0 saturated carbocycles. The average Bonchev–Trinajstić information content (AvgIpc) is 4.25. The maximum Gasteiger partial charge on any atom is 0.335 e. The molecule has 9 rings (SSSR count). The number of carboxylic acids is 3. The van der Waals surface area contributed by atoms with E-state index in [2.05, 4.69) is 16.9 Å². The number of rotatable bonds is 21. The molecule has 0 unspecified atom stereocenters. The predicted octanol–water partition coefficient (Wildman–Crippen LogP) is 15.5. The Labute approximate surface area is 418 Å². The Bertz CT molecular complexity index is 3270. The number of aromatic amines is 2. The molecular weight excluding hydrogens is 901 g/mol. The Balaban J connectivity index is 1.16. The molecule has 5 heterocycles. The molecule has 0 saturated heterocycles. The van der Waals surface area contributed by atoms with Crippen LogP contribution < -0.4 is 4.74 Å². The van der Waals surface area contributed by atoms with Crippen molar-refractivity contribution in [1.29, 1.82) is 0 Å². The molecule has 4 aromatic carbocycles. The average molecular weight is 959 g/mol. The van der Waals surface area contributed by atoms with E-state index in [1.165, 1.54) is 64.2 Å². The van der Waals surface area contributed by atoms with Crippen molar-refractivity contribution in [3.8, 4) is 50.3 Å². The standard InChI is InChI=1S/C61H58N4O7/c1-2-3-4-5-6-7-8-9-10-11-12-13-38-72-46-28-26-42(27-29-46)58-53-36-34-51(64-53)56(40-16-22-44(23-17-40)60(68)69)49-32-30-47(62-49)55(39-14-20-43(21-15-39)59(66)67)48-31-33-50(63-48)57(52-35-37-54(58)65-52)41-18-24-45(25-19-41)61(70)71/h14-37,62,65H,2-13,38H2,1H3,(H,66,67)(H,68,69)(H,70,71). The predicted molar refractivity (Wildman–Crippen MR) is 288 cm³/mol. The third-order valence-electron chi connectivity index (χ3n) is 13.4. The normalized spacial score (nSPS) is 11.8. The minimum Gasteiger partial charge on any atom is -0.494 e. The van der Waals surface area contributed by atoms with E-state index >= 15 is 0 Å². The number of nitrogens with zero attached hydrogens (tertiary/aromatic N) is 2. The van der Waals surface area contributed by atoms with E-state index in [-0.39, 0.29) is 16.7 Å². The number of carbonyl (C=O) groups is 3. The summed E-state index contributed by atoms with van der Waals surface area (Å²) >= 11 is 0. The van der Waals surface area contributed by atoms with E-state index < -0.39 is 17.9 Å². The van der Waals surface area contributed by atoms with Gasteiger partial charge in [-0.1, -0.05) is 126 Å². The minimum absolute atomic E-state index is 0.142. The smallest absolute Gasteiger partial charge is 0.335 e. The molecule has 11 nitrogen and oxygen atoms in total. The number of fused-ring (bicyclic) bond motifs is 8. The number of hydrogen-bond donors (Lipinski definition) is 5. The van der Waals surface area contributed by atoms with Gasteiger partial charge in [0, 0.05) is 44.3 Å². The quantitative estimate of drug-likeness (QED) is 0.0438. The summed E-state index contributed by atoms with van der Waals surface area (Å²) < 4.78 is 6.26.